The Labute approximate surface area is 154 Å². The lowest BCUT2D eigenvalue weighted by Gasteiger charge is -2.38. The molecule has 0 unspecified atom stereocenters. The van der Waals surface area contributed by atoms with Gasteiger partial charge in [0.05, 0.1) is 10.9 Å². The van der Waals surface area contributed by atoms with E-state index in [1.807, 2.05) is 27.7 Å². The molecule has 8 nitrogen and oxygen atoms in total. The summed E-state index contributed by atoms with van der Waals surface area (Å²) in [6, 6.07) is 7.08. The van der Waals surface area contributed by atoms with Crippen LogP contribution in [-0.4, -0.2) is 46.6 Å². The van der Waals surface area contributed by atoms with Crippen molar-refractivity contribution in [1.82, 2.24) is 15.1 Å². The average Bonchev–Trinajstić information content (AvgIpc) is 2.93. The first-order chi connectivity index (χ1) is 12.0. The van der Waals surface area contributed by atoms with Crippen LogP contribution < -0.4 is 0 Å². The summed E-state index contributed by atoms with van der Waals surface area (Å²) in [6.45, 7) is 11.0. The summed E-state index contributed by atoms with van der Waals surface area (Å²) in [5.74, 6) is -0.411. The molecular weight excluding hydrogens is 356 g/mol. The molecule has 0 atom stereocenters. The van der Waals surface area contributed by atoms with Gasteiger partial charge in [0, 0.05) is 6.04 Å². The summed E-state index contributed by atoms with van der Waals surface area (Å²) >= 11 is 0. The summed E-state index contributed by atoms with van der Waals surface area (Å²) in [4.78, 5) is 11.4. The van der Waals surface area contributed by atoms with Gasteiger partial charge in [-0.2, -0.15) is 5.01 Å². The standard InChI is InChI=1S/C17H26N4O4S/c1-12(2)18-16(21(22)23)17(19(13(3)4)20(18)14(5)6)26(24,25)15-10-8-7-9-11-15/h7-14H,1-6H3. The molecule has 2 rings (SSSR count). The van der Waals surface area contributed by atoms with E-state index in [-0.39, 0.29) is 28.1 Å². The maximum absolute atomic E-state index is 13.3. The molecule has 0 N–H and O–H groups in total. The lowest BCUT2D eigenvalue weighted by molar-refractivity contribution is -0.457. The Balaban J connectivity index is 2.84. The number of benzene rings is 1. The fourth-order valence-corrected chi connectivity index (χ4v) is 4.75. The van der Waals surface area contributed by atoms with Crippen molar-refractivity contribution in [3.63, 3.8) is 0 Å². The van der Waals surface area contributed by atoms with Crippen molar-refractivity contribution in [3.8, 4) is 0 Å². The predicted octanol–water partition coefficient (Wildman–Crippen LogP) is 2.84. The second kappa shape index (κ2) is 7.24. The lowest BCUT2D eigenvalue weighted by atomic mass is 10.3. The van der Waals surface area contributed by atoms with Gasteiger partial charge in [0.15, 0.2) is 0 Å². The van der Waals surface area contributed by atoms with Crippen LogP contribution >= 0.6 is 0 Å². The highest BCUT2D eigenvalue weighted by molar-refractivity contribution is 7.95. The summed E-state index contributed by atoms with van der Waals surface area (Å²) < 4.78 is 26.7. The van der Waals surface area contributed by atoms with Crippen molar-refractivity contribution in [2.45, 2.75) is 64.6 Å². The summed E-state index contributed by atoms with van der Waals surface area (Å²) in [5, 5.41) is 16.3. The van der Waals surface area contributed by atoms with Crippen molar-refractivity contribution in [3.05, 3.63) is 51.3 Å². The minimum absolute atomic E-state index is 0.0364. The third-order valence-corrected chi connectivity index (χ3v) is 5.75. The largest absolute Gasteiger partial charge is 0.375 e. The third-order valence-electron chi connectivity index (χ3n) is 3.98. The number of hydrazine groups is 2. The Morgan fingerprint density at radius 1 is 0.885 bits per heavy atom. The molecule has 0 aliphatic carbocycles. The number of hydrogen-bond acceptors (Lipinski definition) is 7. The van der Waals surface area contributed by atoms with Crippen LogP contribution in [0.4, 0.5) is 0 Å². The molecule has 9 heteroatoms. The summed E-state index contributed by atoms with van der Waals surface area (Å²) in [6.07, 6.45) is 0. The highest BCUT2D eigenvalue weighted by Crippen LogP contribution is 2.39. The molecule has 0 radical (unpaired) electrons. The molecule has 1 aromatic rings. The van der Waals surface area contributed by atoms with Gasteiger partial charge >= 0.3 is 5.82 Å². The molecule has 1 aliphatic heterocycles. The Hall–Kier alpha value is -2.13. The minimum Gasteiger partial charge on any atom is -0.358 e. The Kier molecular flexibility index (Phi) is 5.62. The monoisotopic (exact) mass is 382 g/mol. The Morgan fingerprint density at radius 2 is 1.38 bits per heavy atom. The van der Waals surface area contributed by atoms with E-state index < -0.39 is 20.6 Å². The Bertz CT molecular complexity index is 803. The molecule has 0 bridgehead atoms. The highest BCUT2D eigenvalue weighted by atomic mass is 32.2. The van der Waals surface area contributed by atoms with Crippen molar-refractivity contribution < 1.29 is 13.3 Å². The molecule has 0 saturated heterocycles. The second-order valence-corrected chi connectivity index (χ2v) is 8.86. The predicted molar refractivity (Wildman–Crippen MR) is 98.6 cm³/mol. The van der Waals surface area contributed by atoms with E-state index in [9.17, 15) is 18.5 Å². The van der Waals surface area contributed by atoms with E-state index in [0.717, 1.165) is 0 Å². The zero-order chi connectivity index (χ0) is 19.8. The van der Waals surface area contributed by atoms with Gasteiger partial charge in [0.25, 0.3) is 0 Å². The number of sulfone groups is 1. The minimum atomic E-state index is -4.08. The van der Waals surface area contributed by atoms with Gasteiger partial charge < -0.3 is 10.1 Å². The van der Waals surface area contributed by atoms with Gasteiger partial charge in [-0.3, -0.25) is 5.01 Å². The normalized spacial score (nSPS) is 16.5. The second-order valence-electron chi connectivity index (χ2n) is 6.99. The molecule has 1 aliphatic rings. The van der Waals surface area contributed by atoms with Crippen molar-refractivity contribution in [2.24, 2.45) is 0 Å². The lowest BCUT2D eigenvalue weighted by Crippen LogP contribution is -2.55. The van der Waals surface area contributed by atoms with Gasteiger partial charge in [-0.05, 0) is 58.6 Å². The first-order valence-electron chi connectivity index (χ1n) is 8.58. The topological polar surface area (TPSA) is 87.0 Å². The fraction of sp³-hybridized carbons (Fsp3) is 0.529. The van der Waals surface area contributed by atoms with Gasteiger partial charge in [-0.25, -0.2) is 8.42 Å². The van der Waals surface area contributed by atoms with Crippen molar-refractivity contribution >= 4 is 9.84 Å². The van der Waals surface area contributed by atoms with Crippen LogP contribution in [0, 0.1) is 10.1 Å². The highest BCUT2D eigenvalue weighted by Gasteiger charge is 2.54. The molecule has 0 spiro atoms. The van der Waals surface area contributed by atoms with Crippen LogP contribution in [0.2, 0.25) is 0 Å². The molecule has 144 valence electrons. The van der Waals surface area contributed by atoms with Gasteiger partial charge in [-0.1, -0.05) is 23.3 Å². The fourth-order valence-electron chi connectivity index (χ4n) is 3.06. The number of nitrogens with zero attached hydrogens (tertiary/aromatic N) is 4. The molecule has 0 aromatic heterocycles. The van der Waals surface area contributed by atoms with E-state index in [0.29, 0.717) is 0 Å². The number of rotatable bonds is 6. The van der Waals surface area contributed by atoms with E-state index in [2.05, 4.69) is 0 Å². The first-order valence-corrected chi connectivity index (χ1v) is 10.1. The van der Waals surface area contributed by atoms with Crippen LogP contribution in [0.3, 0.4) is 0 Å². The SMILES string of the molecule is CC(C)N1C([N+](=O)[O-])=C(S(=O)(=O)c2ccccc2)N(C(C)C)N1C(C)C. The molecule has 1 aromatic carbocycles. The third kappa shape index (κ3) is 3.28. The number of nitro groups is 1. The van der Waals surface area contributed by atoms with E-state index >= 15 is 0 Å². The van der Waals surface area contributed by atoms with Crippen molar-refractivity contribution in [1.29, 1.82) is 0 Å². The first kappa shape index (κ1) is 20.2. The van der Waals surface area contributed by atoms with Gasteiger partial charge in [0.1, 0.15) is 6.04 Å². The van der Waals surface area contributed by atoms with Crippen LogP contribution in [0.25, 0.3) is 0 Å². The zero-order valence-electron chi connectivity index (χ0n) is 15.9. The molecular formula is C17H26N4O4S. The van der Waals surface area contributed by atoms with Gasteiger partial charge in [-0.15, -0.1) is 0 Å². The van der Waals surface area contributed by atoms with Gasteiger partial charge in [0.2, 0.25) is 14.9 Å². The smallest absolute Gasteiger partial charge is 0.358 e. The number of hydrogen-bond donors (Lipinski definition) is 0. The van der Waals surface area contributed by atoms with Crippen LogP contribution in [0.5, 0.6) is 0 Å². The van der Waals surface area contributed by atoms with E-state index in [4.69, 9.17) is 0 Å². The maximum atomic E-state index is 13.3. The summed E-state index contributed by atoms with van der Waals surface area (Å²) in [5.41, 5.74) is 0. The van der Waals surface area contributed by atoms with Crippen LogP contribution in [0.15, 0.2) is 46.1 Å². The van der Waals surface area contributed by atoms with Crippen molar-refractivity contribution in [2.75, 3.05) is 0 Å². The quantitative estimate of drug-likeness (QED) is 0.552. The average molecular weight is 382 g/mol. The van der Waals surface area contributed by atoms with E-state index in [1.54, 1.807) is 37.2 Å². The maximum Gasteiger partial charge on any atom is 0.375 e. The molecule has 0 saturated carbocycles. The van der Waals surface area contributed by atoms with Crippen LogP contribution in [-0.2, 0) is 9.84 Å². The molecule has 0 amide bonds. The Morgan fingerprint density at radius 3 is 1.77 bits per heavy atom. The zero-order valence-corrected chi connectivity index (χ0v) is 16.8. The molecule has 1 heterocycles. The molecule has 26 heavy (non-hydrogen) atoms. The summed E-state index contributed by atoms with van der Waals surface area (Å²) in [7, 11) is -4.08. The van der Waals surface area contributed by atoms with Crippen LogP contribution in [0.1, 0.15) is 41.5 Å². The van der Waals surface area contributed by atoms with E-state index in [1.165, 1.54) is 22.2 Å². The molecule has 0 fully saturated rings.